The average molecular weight is 1670 g/mol. The van der Waals surface area contributed by atoms with Crippen molar-refractivity contribution in [3.63, 3.8) is 0 Å². The largest absolute Gasteiger partial charge is 0.379 e. The number of likely N-dealkylation sites (tertiary alicyclic amines) is 1. The van der Waals surface area contributed by atoms with Crippen molar-refractivity contribution in [1.82, 2.24) is 40.4 Å². The van der Waals surface area contributed by atoms with Crippen LogP contribution in [0.2, 0.25) is 0 Å². The monoisotopic (exact) mass is 1670 g/mol. The number of Topliss-reactive ketones (excluding diaryl/α,β-unsaturated/α-hetero) is 2. The van der Waals surface area contributed by atoms with E-state index in [1.54, 1.807) is 0 Å². The summed E-state index contributed by atoms with van der Waals surface area (Å²) in [7, 11) is 4.16. The van der Waals surface area contributed by atoms with Gasteiger partial charge in [-0.25, -0.2) is 14.6 Å². The molecule has 126 heavy (non-hydrogen) atoms. The van der Waals surface area contributed by atoms with Crippen LogP contribution in [0.15, 0.2) is 305 Å². The third-order valence-electron chi connectivity index (χ3n) is 26.0. The van der Waals surface area contributed by atoms with E-state index in [1.165, 1.54) is 100 Å². The van der Waals surface area contributed by atoms with E-state index in [-0.39, 0.29) is 89.4 Å². The first-order valence-electron chi connectivity index (χ1n) is 44.0. The van der Waals surface area contributed by atoms with Crippen LogP contribution in [0.3, 0.4) is 0 Å². The van der Waals surface area contributed by atoms with Crippen LogP contribution in [0.5, 0.6) is 0 Å². The lowest BCUT2D eigenvalue weighted by Crippen LogP contribution is -2.36. The number of hydrogen-bond donors (Lipinski definition) is 7. The second-order valence-electron chi connectivity index (χ2n) is 34.6. The number of carbonyl (C=O) groups excluding carboxylic acids is 2. The van der Waals surface area contributed by atoms with Gasteiger partial charge in [-0.1, -0.05) is 237 Å². The second kappa shape index (κ2) is 35.6. The Hall–Kier alpha value is -13.5. The zero-order chi connectivity index (χ0) is 85.3. The number of H-pyrrole nitrogens is 2. The molecule has 0 bridgehead atoms. The van der Waals surface area contributed by atoms with Crippen molar-refractivity contribution in [3.05, 3.63) is 412 Å². The number of rotatable bonds is 17. The number of nitrogens with one attached hydrogen (secondary N) is 7. The molecule has 2 aromatic heterocycles. The predicted molar refractivity (Wildman–Crippen MR) is 498 cm³/mol. The lowest BCUT2D eigenvalue weighted by atomic mass is 9.75. The van der Waals surface area contributed by atoms with Gasteiger partial charge in [-0.2, -0.15) is 10.2 Å². The molecule has 2 saturated heterocycles. The molecule has 12 aromatic carbocycles. The summed E-state index contributed by atoms with van der Waals surface area (Å²) in [6, 6.07) is 97.4. The number of hydrogen-bond acceptors (Lipinski definition) is 17. The molecule has 0 radical (unpaired) electrons. The Morgan fingerprint density at radius 2 is 0.817 bits per heavy atom. The molecule has 1 aliphatic carbocycles. The fourth-order valence-corrected chi connectivity index (χ4v) is 19.7. The second-order valence-corrected chi connectivity index (χ2v) is 34.6. The van der Waals surface area contributed by atoms with Gasteiger partial charge < -0.3 is 36.2 Å². The summed E-state index contributed by atoms with van der Waals surface area (Å²) in [6.07, 6.45) is 3.86. The highest BCUT2D eigenvalue weighted by Crippen LogP contribution is 2.51. The first kappa shape index (κ1) is 80.9. The molecular weight excluding hydrogens is 1570 g/mol. The number of aromatic amines is 2. The van der Waals surface area contributed by atoms with E-state index in [1.807, 2.05) is 97.1 Å². The molecule has 8 aliphatic heterocycles. The third kappa shape index (κ3) is 16.6. The van der Waals surface area contributed by atoms with Gasteiger partial charge in [-0.3, -0.25) is 39.0 Å². The summed E-state index contributed by atoms with van der Waals surface area (Å²) in [4.78, 5) is 66.7. The minimum atomic E-state index is -0.258. The highest BCUT2D eigenvalue weighted by atomic mass is 19.1. The summed E-state index contributed by atoms with van der Waals surface area (Å²) in [6.45, 7) is 9.93. The van der Waals surface area contributed by atoms with Gasteiger partial charge in [-0.05, 0) is 162 Å². The minimum Gasteiger partial charge on any atom is -0.379 e. The maximum Gasteiger partial charge on any atom is 0.272 e. The van der Waals surface area contributed by atoms with E-state index in [4.69, 9.17) is 14.7 Å². The minimum absolute atomic E-state index is 0.00557. The van der Waals surface area contributed by atoms with Gasteiger partial charge in [0.15, 0.2) is 11.6 Å². The van der Waals surface area contributed by atoms with Crippen molar-refractivity contribution in [2.45, 2.75) is 99.3 Å². The lowest BCUT2D eigenvalue weighted by molar-refractivity contribution is 0.0342. The molecule has 7 N–H and O–H groups in total. The van der Waals surface area contributed by atoms with Crippen molar-refractivity contribution in [2.24, 2.45) is 9.98 Å². The SMILES string of the molecule is CN(C)Cc1cccc(C2Nc3cccc4c(=O)[nH]nc(c34)C2c2ccccc2)c1.O=C1CN=C2c3c(cccc31)NC(c1ccc(CN3CCC3)cc1)C2c1ccc(F)cc1.O=C1CN=C2c3c(cccc31)NC(c1ccccc1)C2c1cccc(CNC2CC2)c1.O=c1[nH]nc2c3c(cccc13)NC(c1cccc(CN3CCOCC3)c1)C2c1ccccc1. The normalized spacial score (nSPS) is 20.5. The van der Waals surface area contributed by atoms with Gasteiger partial charge in [0.2, 0.25) is 0 Å². The number of carbonyl (C=O) groups is 2. The fraction of sp³-hybridized carbons (Fsp3) is 0.245. The number of anilines is 4. The number of aromatic nitrogens is 4. The number of ketones is 2. The summed E-state index contributed by atoms with van der Waals surface area (Å²) in [5.74, 6) is -0.232. The number of halogens is 1. The maximum absolute atomic E-state index is 13.7. The van der Waals surface area contributed by atoms with Crippen LogP contribution in [0.4, 0.5) is 27.1 Å². The molecule has 0 spiro atoms. The molecule has 9 aliphatic rings. The number of ether oxygens (including phenoxy) is 1. The number of nitrogens with zero attached hydrogens (tertiary/aromatic N) is 7. The van der Waals surface area contributed by atoms with Crippen molar-refractivity contribution >= 4 is 67.3 Å². The van der Waals surface area contributed by atoms with Crippen molar-refractivity contribution in [2.75, 3.05) is 87.8 Å². The van der Waals surface area contributed by atoms with Crippen LogP contribution in [0.25, 0.3) is 21.5 Å². The van der Waals surface area contributed by atoms with Crippen LogP contribution in [-0.4, -0.2) is 131 Å². The topological polar surface area (TPSA) is 229 Å². The van der Waals surface area contributed by atoms with E-state index < -0.39 is 0 Å². The van der Waals surface area contributed by atoms with Crippen LogP contribution in [0, 0.1) is 5.82 Å². The molecule has 1 saturated carbocycles. The van der Waals surface area contributed by atoms with Crippen molar-refractivity contribution in [3.8, 4) is 0 Å². The Labute approximate surface area is 731 Å². The zero-order valence-corrected chi connectivity index (χ0v) is 70.5. The molecule has 630 valence electrons. The molecule has 23 rings (SSSR count). The highest BCUT2D eigenvalue weighted by Gasteiger charge is 2.43. The van der Waals surface area contributed by atoms with Crippen molar-refractivity contribution in [1.29, 1.82) is 0 Å². The van der Waals surface area contributed by atoms with E-state index in [9.17, 15) is 23.6 Å². The van der Waals surface area contributed by atoms with Gasteiger partial charge in [0.1, 0.15) is 18.9 Å². The van der Waals surface area contributed by atoms with Gasteiger partial charge in [-0.15, -0.1) is 0 Å². The average Bonchev–Trinajstić information content (AvgIpc) is 1.24. The Morgan fingerprint density at radius 1 is 0.405 bits per heavy atom. The first-order valence-corrected chi connectivity index (χ1v) is 44.0. The summed E-state index contributed by atoms with van der Waals surface area (Å²) < 4.78 is 19.2. The predicted octanol–water partition coefficient (Wildman–Crippen LogP) is 18.2. The molecular formula is C106H99FN14O5. The lowest BCUT2D eigenvalue weighted by Gasteiger charge is -2.38. The molecule has 14 aromatic rings. The summed E-state index contributed by atoms with van der Waals surface area (Å²) >= 11 is 0. The molecule has 8 atom stereocenters. The van der Waals surface area contributed by atoms with Gasteiger partial charge in [0.25, 0.3) is 11.1 Å². The van der Waals surface area contributed by atoms with Gasteiger partial charge >= 0.3 is 0 Å². The van der Waals surface area contributed by atoms with Crippen molar-refractivity contribution < 1.29 is 18.7 Å². The first-order chi connectivity index (χ1) is 61.8. The van der Waals surface area contributed by atoms with E-state index in [2.05, 4.69) is 252 Å². The molecule has 10 heterocycles. The molecule has 19 nitrogen and oxygen atoms in total. The smallest absolute Gasteiger partial charge is 0.272 e. The third-order valence-corrected chi connectivity index (χ3v) is 26.0. The summed E-state index contributed by atoms with van der Waals surface area (Å²) in [5, 5.41) is 36.3. The highest BCUT2D eigenvalue weighted by molar-refractivity contribution is 6.22. The Kier molecular flexibility index (Phi) is 22.9. The standard InChI is InChI=1S/C27H24FN3O.C27H26N4O2.C27H25N3O.C25H24N4O/c28-20-11-9-18(10-12-20)24-26(19-7-5-17(6-8-19)16-31-13-2-14-31)30-22-4-1-3-21-23(32)15-29-27(24)25(21)22;32-27-21-10-5-11-22-24(21)26(29-30-27)23(19-7-2-1-3-8-19)25(28-22)20-9-4-6-18(16-20)17-31-12-14-33-15-13-31;31-23-16-29-27-24(19-9-4-6-17(14-19)15-28-20-12-13-20)26(18-7-2-1-3-8-18)30-22-11-5-10-21(23)25(22)27;1-29(2)15-16-8-6-11-18(14-16)23-21(17-9-4-3-5-10-17)24-22-19(25(30)28-27-24)12-7-13-20(22)26-23/h1,3-12,24,26,30H,2,13-16H2;1-11,16,23,25,28H,12-15,17H2,(H,30,32);1-11,14,20,24,26,28,30H,12-13,15-16H2;3-14,21,23,26H,15H2,1-2H3,(H,28,30). The van der Waals surface area contributed by atoms with Crippen LogP contribution < -0.4 is 37.7 Å². The van der Waals surface area contributed by atoms with E-state index in [0.29, 0.717) is 16.8 Å². The van der Waals surface area contributed by atoms with Gasteiger partial charge in [0.05, 0.1) is 94.6 Å². The molecule has 0 amide bonds. The maximum atomic E-state index is 13.7. The molecule has 20 heteroatoms. The Balaban J connectivity index is 0.000000106. The number of benzene rings is 12. The zero-order valence-electron chi connectivity index (χ0n) is 70.5. The molecule has 3 fully saturated rings. The van der Waals surface area contributed by atoms with Crippen LogP contribution in [-0.2, 0) is 30.9 Å². The Bertz CT molecular complexity index is 6590. The van der Waals surface area contributed by atoms with Crippen LogP contribution in [0.1, 0.15) is 177 Å². The molecule has 8 unspecified atom stereocenters. The number of aliphatic imine (C=N–C) groups is 2. The fourth-order valence-electron chi connectivity index (χ4n) is 19.7. The van der Waals surface area contributed by atoms with Crippen LogP contribution >= 0.6 is 0 Å². The van der Waals surface area contributed by atoms with Gasteiger partial charge in [0, 0.05) is 101 Å². The number of morpholine rings is 1. The van der Waals surface area contributed by atoms with E-state index in [0.717, 1.165) is 142 Å². The summed E-state index contributed by atoms with van der Waals surface area (Å²) in [5.41, 5.74) is 25.2. The Morgan fingerprint density at radius 3 is 1.34 bits per heavy atom. The quantitative estimate of drug-likeness (QED) is 0.0450. The van der Waals surface area contributed by atoms with E-state index >= 15 is 0 Å².